The molecule has 1 amide bonds. The molecular weight excluding hydrogens is 314 g/mol. The van der Waals surface area contributed by atoms with Crippen LogP contribution in [0.15, 0.2) is 6.20 Å². The lowest BCUT2D eigenvalue weighted by Gasteiger charge is -2.11. The van der Waals surface area contributed by atoms with Gasteiger partial charge in [-0.2, -0.15) is 0 Å². The fraction of sp³-hybridized carbons (Fsp3) is 0.364. The van der Waals surface area contributed by atoms with Gasteiger partial charge >= 0.3 is 5.97 Å². The lowest BCUT2D eigenvalue weighted by atomic mass is 10.1. The predicted octanol–water partition coefficient (Wildman–Crippen LogP) is 2.88. The summed E-state index contributed by atoms with van der Waals surface area (Å²) in [5.41, 5.74) is -0.0868. The molecule has 0 saturated heterocycles. The molecule has 1 aromatic heterocycles. The predicted molar refractivity (Wildman–Crippen MR) is 73.0 cm³/mol. The molecule has 0 saturated carbocycles. The minimum Gasteiger partial charge on any atom is -0.481 e. The molecule has 2 N–H and O–H groups in total. The third kappa shape index (κ3) is 3.96. The van der Waals surface area contributed by atoms with Crippen molar-refractivity contribution in [3.05, 3.63) is 27.0 Å². The normalized spacial score (nSPS) is 12.0. The summed E-state index contributed by atoms with van der Waals surface area (Å²) in [5, 5.41) is 11.4. The molecule has 0 aliphatic heterocycles. The van der Waals surface area contributed by atoms with Crippen LogP contribution in [0.2, 0.25) is 15.1 Å². The number of hydrogen-bond acceptors (Lipinski definition) is 3. The summed E-state index contributed by atoms with van der Waals surface area (Å²) in [5.74, 6) is -2.23. The Morgan fingerprint density at radius 3 is 2.53 bits per heavy atom. The van der Waals surface area contributed by atoms with Gasteiger partial charge in [-0.25, -0.2) is 4.98 Å². The van der Waals surface area contributed by atoms with Crippen LogP contribution in [-0.2, 0) is 4.79 Å². The molecule has 8 heteroatoms. The van der Waals surface area contributed by atoms with E-state index in [9.17, 15) is 9.59 Å². The number of pyridine rings is 1. The number of nitrogens with one attached hydrogen (secondary N) is 1. The van der Waals surface area contributed by atoms with Gasteiger partial charge in [0.05, 0.1) is 21.0 Å². The summed E-state index contributed by atoms with van der Waals surface area (Å²) < 4.78 is 0. The highest BCUT2D eigenvalue weighted by atomic mass is 35.5. The van der Waals surface area contributed by atoms with Crippen molar-refractivity contribution in [3.8, 4) is 0 Å². The van der Waals surface area contributed by atoms with E-state index in [1.54, 1.807) is 6.92 Å². The Balaban J connectivity index is 2.80. The number of aromatic nitrogens is 1. The molecule has 0 bridgehead atoms. The number of carboxylic acid groups (broad SMARTS) is 1. The van der Waals surface area contributed by atoms with Gasteiger partial charge < -0.3 is 10.4 Å². The number of halogens is 3. The summed E-state index contributed by atoms with van der Waals surface area (Å²) in [4.78, 5) is 26.4. The van der Waals surface area contributed by atoms with Crippen molar-refractivity contribution in [3.63, 3.8) is 0 Å². The average Bonchev–Trinajstić information content (AvgIpc) is 2.36. The molecule has 0 spiro atoms. The van der Waals surface area contributed by atoms with E-state index in [4.69, 9.17) is 39.9 Å². The van der Waals surface area contributed by atoms with Crippen molar-refractivity contribution in [2.24, 2.45) is 5.92 Å². The monoisotopic (exact) mass is 324 g/mol. The Morgan fingerprint density at radius 1 is 1.37 bits per heavy atom. The van der Waals surface area contributed by atoms with Gasteiger partial charge in [-0.15, -0.1) is 0 Å². The number of carbonyl (C=O) groups is 2. The van der Waals surface area contributed by atoms with Crippen molar-refractivity contribution in [2.75, 3.05) is 6.54 Å². The zero-order chi connectivity index (χ0) is 14.6. The molecule has 1 aromatic rings. The highest BCUT2D eigenvalue weighted by molar-refractivity contribution is 6.48. The Hall–Kier alpha value is -1.04. The topological polar surface area (TPSA) is 79.3 Å². The molecule has 0 fully saturated rings. The Labute approximate surface area is 124 Å². The average molecular weight is 326 g/mol. The zero-order valence-electron chi connectivity index (χ0n) is 9.91. The van der Waals surface area contributed by atoms with E-state index in [0.717, 1.165) is 0 Å². The molecule has 1 heterocycles. The van der Waals surface area contributed by atoms with E-state index in [2.05, 4.69) is 10.3 Å². The third-order valence-corrected chi connectivity index (χ3v) is 3.72. The van der Waals surface area contributed by atoms with Gasteiger partial charge in [-0.1, -0.05) is 41.7 Å². The van der Waals surface area contributed by atoms with Gasteiger partial charge in [-0.05, 0) is 6.42 Å². The SMILES string of the molecule is CCC(CNC(=O)c1ncc(Cl)c(Cl)c1Cl)C(=O)O. The first-order valence-corrected chi connectivity index (χ1v) is 6.52. The number of rotatable bonds is 5. The van der Waals surface area contributed by atoms with Crippen LogP contribution >= 0.6 is 34.8 Å². The van der Waals surface area contributed by atoms with E-state index in [1.807, 2.05) is 0 Å². The lowest BCUT2D eigenvalue weighted by Crippen LogP contribution is -2.33. The summed E-state index contributed by atoms with van der Waals surface area (Å²) in [7, 11) is 0. The molecule has 1 atom stereocenters. The van der Waals surface area contributed by atoms with E-state index >= 15 is 0 Å². The van der Waals surface area contributed by atoms with Crippen LogP contribution in [0.4, 0.5) is 0 Å². The Bertz CT molecular complexity index is 508. The van der Waals surface area contributed by atoms with Crippen molar-refractivity contribution in [2.45, 2.75) is 13.3 Å². The number of amides is 1. The molecule has 0 aliphatic rings. The maximum atomic E-state index is 11.8. The summed E-state index contributed by atoms with van der Waals surface area (Å²) in [6.07, 6.45) is 1.61. The first-order valence-electron chi connectivity index (χ1n) is 5.39. The number of carboxylic acids is 1. The van der Waals surface area contributed by atoms with Crippen molar-refractivity contribution >= 4 is 46.7 Å². The van der Waals surface area contributed by atoms with E-state index < -0.39 is 17.8 Å². The Kier molecular flexibility index (Phi) is 5.85. The van der Waals surface area contributed by atoms with E-state index in [-0.39, 0.29) is 27.3 Å². The Morgan fingerprint density at radius 2 is 2.00 bits per heavy atom. The van der Waals surface area contributed by atoms with Crippen LogP contribution in [-0.4, -0.2) is 28.5 Å². The van der Waals surface area contributed by atoms with Gasteiger partial charge in [0, 0.05) is 12.7 Å². The minimum absolute atomic E-state index is 0.0110. The fourth-order valence-electron chi connectivity index (χ4n) is 1.31. The van der Waals surface area contributed by atoms with Crippen LogP contribution in [0.1, 0.15) is 23.8 Å². The van der Waals surface area contributed by atoms with Crippen LogP contribution in [0.3, 0.4) is 0 Å². The van der Waals surface area contributed by atoms with Gasteiger partial charge in [0.15, 0.2) is 0 Å². The third-order valence-electron chi connectivity index (χ3n) is 2.48. The first-order chi connectivity index (χ1) is 8.88. The van der Waals surface area contributed by atoms with Crippen LogP contribution < -0.4 is 5.32 Å². The van der Waals surface area contributed by atoms with Crippen molar-refractivity contribution in [1.29, 1.82) is 0 Å². The smallest absolute Gasteiger partial charge is 0.308 e. The summed E-state index contributed by atoms with van der Waals surface area (Å²) >= 11 is 17.3. The molecular formula is C11H11Cl3N2O3. The summed E-state index contributed by atoms with van der Waals surface area (Å²) in [6, 6.07) is 0. The first kappa shape index (κ1) is 16.0. The van der Waals surface area contributed by atoms with Gasteiger partial charge in [0.2, 0.25) is 0 Å². The van der Waals surface area contributed by atoms with Gasteiger partial charge in [0.1, 0.15) is 5.69 Å². The van der Waals surface area contributed by atoms with Crippen molar-refractivity contribution in [1.82, 2.24) is 10.3 Å². The van der Waals surface area contributed by atoms with E-state index in [0.29, 0.717) is 6.42 Å². The van der Waals surface area contributed by atoms with Crippen LogP contribution in [0.25, 0.3) is 0 Å². The molecule has 19 heavy (non-hydrogen) atoms. The lowest BCUT2D eigenvalue weighted by molar-refractivity contribution is -0.141. The quantitative estimate of drug-likeness (QED) is 0.872. The standard InChI is InChI=1S/C11H11Cl3N2O3/c1-2-5(11(18)19)3-16-10(17)9-8(14)7(13)6(12)4-15-9/h4-5H,2-3H2,1H3,(H,16,17)(H,18,19). The zero-order valence-corrected chi connectivity index (χ0v) is 12.2. The molecule has 0 aromatic carbocycles. The van der Waals surface area contributed by atoms with Crippen LogP contribution in [0.5, 0.6) is 0 Å². The van der Waals surface area contributed by atoms with Crippen molar-refractivity contribution < 1.29 is 14.7 Å². The largest absolute Gasteiger partial charge is 0.481 e. The number of nitrogens with zero attached hydrogens (tertiary/aromatic N) is 1. The maximum Gasteiger partial charge on any atom is 0.308 e. The maximum absolute atomic E-state index is 11.8. The molecule has 1 rings (SSSR count). The highest BCUT2D eigenvalue weighted by Gasteiger charge is 2.20. The second-order valence-electron chi connectivity index (χ2n) is 3.74. The highest BCUT2D eigenvalue weighted by Crippen LogP contribution is 2.30. The number of hydrogen-bond donors (Lipinski definition) is 2. The number of carbonyl (C=O) groups excluding carboxylic acids is 1. The second-order valence-corrected chi connectivity index (χ2v) is 4.90. The second kappa shape index (κ2) is 6.93. The van der Waals surface area contributed by atoms with Crippen LogP contribution in [0, 0.1) is 5.92 Å². The molecule has 104 valence electrons. The molecule has 5 nitrogen and oxygen atoms in total. The number of aliphatic carboxylic acids is 1. The molecule has 1 unspecified atom stereocenters. The molecule has 0 radical (unpaired) electrons. The fourth-order valence-corrected chi connectivity index (χ4v) is 1.87. The molecule has 0 aliphatic carbocycles. The van der Waals surface area contributed by atoms with E-state index in [1.165, 1.54) is 6.20 Å². The van der Waals surface area contributed by atoms with Gasteiger partial charge in [-0.3, -0.25) is 9.59 Å². The van der Waals surface area contributed by atoms with Gasteiger partial charge in [0.25, 0.3) is 5.91 Å². The minimum atomic E-state index is -0.976. The summed E-state index contributed by atoms with van der Waals surface area (Å²) in [6.45, 7) is 1.71.